The molecule has 88 valence electrons. The van der Waals surface area contributed by atoms with Gasteiger partial charge >= 0.3 is 0 Å². The van der Waals surface area contributed by atoms with E-state index in [9.17, 15) is 4.39 Å². The summed E-state index contributed by atoms with van der Waals surface area (Å²) in [5, 5.41) is 0. The van der Waals surface area contributed by atoms with Crippen LogP contribution in [0.1, 0.15) is 31.2 Å². The first kappa shape index (κ1) is 11.3. The van der Waals surface area contributed by atoms with Crippen molar-refractivity contribution >= 4 is 0 Å². The van der Waals surface area contributed by atoms with E-state index in [0.717, 1.165) is 18.5 Å². The molecule has 0 bridgehead atoms. The molecule has 0 aliphatic heterocycles. The highest BCUT2D eigenvalue weighted by Crippen LogP contribution is 2.29. The summed E-state index contributed by atoms with van der Waals surface area (Å²) in [4.78, 5) is 3.91. The van der Waals surface area contributed by atoms with Crippen LogP contribution in [-0.2, 0) is 6.54 Å². The molecule has 0 atom stereocenters. The molecular weight excluding hydrogens is 207 g/mol. The summed E-state index contributed by atoms with van der Waals surface area (Å²) in [6.07, 6.45) is 6.18. The number of rotatable bonds is 5. The lowest BCUT2D eigenvalue weighted by Crippen LogP contribution is -2.15. The van der Waals surface area contributed by atoms with Crippen LogP contribution >= 0.6 is 0 Å². The van der Waals surface area contributed by atoms with E-state index < -0.39 is 0 Å². The van der Waals surface area contributed by atoms with Crippen LogP contribution in [0.15, 0.2) is 12.3 Å². The highest BCUT2D eigenvalue weighted by molar-refractivity contribution is 5.25. The predicted octanol–water partition coefficient (Wildman–Crippen LogP) is 2.25. The summed E-state index contributed by atoms with van der Waals surface area (Å²) < 4.78 is 18.4. The van der Waals surface area contributed by atoms with Crippen molar-refractivity contribution < 1.29 is 9.13 Å². The van der Waals surface area contributed by atoms with Gasteiger partial charge in [-0.2, -0.15) is 0 Å². The summed E-state index contributed by atoms with van der Waals surface area (Å²) >= 11 is 0. The fourth-order valence-corrected chi connectivity index (χ4v) is 1.85. The molecule has 1 fully saturated rings. The minimum atomic E-state index is -0.369. The van der Waals surface area contributed by atoms with Crippen molar-refractivity contribution in [1.82, 2.24) is 4.98 Å². The summed E-state index contributed by atoms with van der Waals surface area (Å²) in [5.74, 6) is 0.914. The Morgan fingerprint density at radius 2 is 2.31 bits per heavy atom. The summed E-state index contributed by atoms with van der Waals surface area (Å²) in [7, 11) is 0. The van der Waals surface area contributed by atoms with Crippen molar-refractivity contribution in [2.24, 2.45) is 11.7 Å². The van der Waals surface area contributed by atoms with Crippen LogP contribution in [-0.4, -0.2) is 11.6 Å². The topological polar surface area (TPSA) is 48.1 Å². The Labute approximate surface area is 94.8 Å². The average Bonchev–Trinajstić information content (AvgIpc) is 2.23. The Morgan fingerprint density at radius 3 is 2.94 bits per heavy atom. The van der Waals surface area contributed by atoms with Gasteiger partial charge in [0, 0.05) is 12.1 Å². The first-order chi connectivity index (χ1) is 7.79. The number of nitrogens with zero attached hydrogens (tertiary/aromatic N) is 1. The van der Waals surface area contributed by atoms with E-state index >= 15 is 0 Å². The van der Waals surface area contributed by atoms with E-state index in [-0.39, 0.29) is 12.4 Å². The second kappa shape index (κ2) is 5.25. The molecule has 0 amide bonds. The van der Waals surface area contributed by atoms with Gasteiger partial charge in [0.05, 0.1) is 12.8 Å². The van der Waals surface area contributed by atoms with Crippen LogP contribution in [0, 0.1) is 11.7 Å². The number of pyridine rings is 1. The minimum absolute atomic E-state index is 0.253. The van der Waals surface area contributed by atoms with Crippen molar-refractivity contribution in [3.63, 3.8) is 0 Å². The van der Waals surface area contributed by atoms with Crippen LogP contribution in [0.25, 0.3) is 0 Å². The first-order valence-corrected chi connectivity index (χ1v) is 5.77. The van der Waals surface area contributed by atoms with Crippen molar-refractivity contribution in [1.29, 1.82) is 0 Å². The molecule has 3 nitrogen and oxygen atoms in total. The monoisotopic (exact) mass is 224 g/mol. The van der Waals surface area contributed by atoms with Crippen LogP contribution in [0.2, 0.25) is 0 Å². The Bertz CT molecular complexity index is 353. The fraction of sp³-hybridized carbons (Fsp3) is 0.583. The Balaban J connectivity index is 1.87. The first-order valence-electron chi connectivity index (χ1n) is 5.77. The zero-order valence-electron chi connectivity index (χ0n) is 9.29. The molecule has 0 unspecified atom stereocenters. The van der Waals surface area contributed by atoms with Gasteiger partial charge in [-0.3, -0.25) is 0 Å². The second-order valence-corrected chi connectivity index (χ2v) is 4.26. The van der Waals surface area contributed by atoms with Gasteiger partial charge in [-0.1, -0.05) is 19.3 Å². The Hall–Kier alpha value is -1.16. The van der Waals surface area contributed by atoms with Gasteiger partial charge in [0.2, 0.25) is 5.88 Å². The maximum absolute atomic E-state index is 12.9. The molecular formula is C12H17FN2O. The fourth-order valence-electron chi connectivity index (χ4n) is 1.85. The molecule has 0 aromatic carbocycles. The zero-order chi connectivity index (χ0) is 11.4. The molecule has 4 heteroatoms. The Kier molecular flexibility index (Phi) is 3.72. The molecule has 0 radical (unpaired) electrons. The number of halogens is 1. The maximum Gasteiger partial charge on any atom is 0.218 e. The number of hydrogen-bond donors (Lipinski definition) is 1. The molecule has 1 aliphatic rings. The third-order valence-electron chi connectivity index (χ3n) is 3.10. The quantitative estimate of drug-likeness (QED) is 0.834. The molecule has 1 heterocycles. The average molecular weight is 224 g/mol. The van der Waals surface area contributed by atoms with Gasteiger partial charge in [-0.15, -0.1) is 0 Å². The van der Waals surface area contributed by atoms with E-state index in [1.807, 2.05) is 0 Å². The predicted molar refractivity (Wildman–Crippen MR) is 59.5 cm³/mol. The van der Waals surface area contributed by atoms with Crippen molar-refractivity contribution in [3.8, 4) is 5.88 Å². The standard InChI is InChI=1S/C12H17FN2O/c13-11-6-10(7-14)12(15-8-11)16-5-4-9-2-1-3-9/h6,8-9H,1-5,7,14H2. The highest BCUT2D eigenvalue weighted by Gasteiger charge is 2.17. The lowest BCUT2D eigenvalue weighted by molar-refractivity contribution is 0.216. The third kappa shape index (κ3) is 2.70. The van der Waals surface area contributed by atoms with E-state index in [4.69, 9.17) is 10.5 Å². The molecule has 16 heavy (non-hydrogen) atoms. The van der Waals surface area contributed by atoms with Crippen LogP contribution in [0.4, 0.5) is 4.39 Å². The minimum Gasteiger partial charge on any atom is -0.477 e. The number of hydrogen-bond acceptors (Lipinski definition) is 3. The highest BCUT2D eigenvalue weighted by atomic mass is 19.1. The van der Waals surface area contributed by atoms with E-state index in [2.05, 4.69) is 4.98 Å². The second-order valence-electron chi connectivity index (χ2n) is 4.26. The lowest BCUT2D eigenvalue weighted by Gasteiger charge is -2.25. The van der Waals surface area contributed by atoms with Gasteiger partial charge in [0.25, 0.3) is 0 Å². The van der Waals surface area contributed by atoms with Crippen LogP contribution < -0.4 is 10.5 Å². The van der Waals surface area contributed by atoms with Crippen molar-refractivity contribution in [2.45, 2.75) is 32.2 Å². The summed E-state index contributed by atoms with van der Waals surface area (Å²) in [6.45, 7) is 0.903. The molecule has 0 saturated heterocycles. The molecule has 2 N–H and O–H groups in total. The summed E-state index contributed by atoms with van der Waals surface area (Å²) in [6, 6.07) is 1.38. The molecule has 0 spiro atoms. The third-order valence-corrected chi connectivity index (χ3v) is 3.10. The van der Waals surface area contributed by atoms with E-state index in [1.54, 1.807) is 0 Å². The van der Waals surface area contributed by atoms with Gasteiger partial charge in [0.15, 0.2) is 0 Å². The SMILES string of the molecule is NCc1cc(F)cnc1OCCC1CCC1. The molecule has 1 aromatic rings. The largest absolute Gasteiger partial charge is 0.477 e. The zero-order valence-corrected chi connectivity index (χ0v) is 9.29. The molecule has 2 rings (SSSR count). The molecule has 1 saturated carbocycles. The van der Waals surface area contributed by atoms with Gasteiger partial charge in [-0.05, 0) is 18.4 Å². The lowest BCUT2D eigenvalue weighted by atomic mass is 9.83. The Morgan fingerprint density at radius 1 is 1.50 bits per heavy atom. The normalized spacial score (nSPS) is 15.9. The number of aromatic nitrogens is 1. The smallest absolute Gasteiger partial charge is 0.218 e. The van der Waals surface area contributed by atoms with Gasteiger partial charge in [0.1, 0.15) is 5.82 Å². The van der Waals surface area contributed by atoms with Gasteiger partial charge < -0.3 is 10.5 Å². The van der Waals surface area contributed by atoms with Crippen molar-refractivity contribution in [2.75, 3.05) is 6.61 Å². The van der Waals surface area contributed by atoms with E-state index in [1.165, 1.54) is 25.3 Å². The number of nitrogens with two attached hydrogens (primary N) is 1. The van der Waals surface area contributed by atoms with Gasteiger partial charge in [-0.25, -0.2) is 9.37 Å². The van der Waals surface area contributed by atoms with E-state index in [0.29, 0.717) is 18.1 Å². The van der Waals surface area contributed by atoms with Crippen molar-refractivity contribution in [3.05, 3.63) is 23.6 Å². The molecule has 1 aromatic heterocycles. The van der Waals surface area contributed by atoms with Crippen LogP contribution in [0.5, 0.6) is 5.88 Å². The molecule has 1 aliphatic carbocycles. The summed E-state index contributed by atoms with van der Waals surface area (Å²) in [5.41, 5.74) is 6.13. The number of ether oxygens (including phenoxy) is 1. The maximum atomic E-state index is 12.9. The van der Waals surface area contributed by atoms with Crippen LogP contribution in [0.3, 0.4) is 0 Å².